The maximum atomic E-state index is 12.1. The third kappa shape index (κ3) is 3.85. The normalized spacial score (nSPS) is 10.8. The van der Waals surface area contributed by atoms with Gasteiger partial charge in [0.15, 0.2) is 0 Å². The Morgan fingerprint density at radius 3 is 2.18 bits per heavy atom. The van der Waals surface area contributed by atoms with Crippen LogP contribution in [0.1, 0.15) is 6.92 Å². The molecule has 0 aliphatic carbocycles. The quantitative estimate of drug-likeness (QED) is 0.787. The summed E-state index contributed by atoms with van der Waals surface area (Å²) in [6.07, 6.45) is 2.82. The Morgan fingerprint density at radius 1 is 1.05 bits per heavy atom. The fourth-order valence-electron chi connectivity index (χ4n) is 1.47. The smallest absolute Gasteiger partial charge is 0.291 e. The SMILES string of the molecule is CC(=O)C(=O)Nc1ccc(S(=O)(=O)Nc2ncccn2)cc1. The van der Waals surface area contributed by atoms with Crippen molar-refractivity contribution < 1.29 is 18.0 Å². The Morgan fingerprint density at radius 2 is 1.64 bits per heavy atom. The van der Waals surface area contributed by atoms with Crippen LogP contribution in [0.15, 0.2) is 47.6 Å². The van der Waals surface area contributed by atoms with Crippen LogP contribution in [0, 0.1) is 0 Å². The fraction of sp³-hybridized carbons (Fsp3) is 0.0769. The van der Waals surface area contributed by atoms with Gasteiger partial charge in [0.05, 0.1) is 4.90 Å². The van der Waals surface area contributed by atoms with Crippen molar-refractivity contribution in [3.05, 3.63) is 42.7 Å². The molecule has 2 aromatic rings. The van der Waals surface area contributed by atoms with Crippen LogP contribution >= 0.6 is 0 Å². The highest BCUT2D eigenvalue weighted by molar-refractivity contribution is 7.92. The van der Waals surface area contributed by atoms with Crippen LogP contribution in [0.2, 0.25) is 0 Å². The van der Waals surface area contributed by atoms with E-state index in [0.717, 1.165) is 6.92 Å². The summed E-state index contributed by atoms with van der Waals surface area (Å²) in [5, 5.41) is 2.34. The zero-order valence-corrected chi connectivity index (χ0v) is 12.3. The maximum Gasteiger partial charge on any atom is 0.291 e. The molecular weight excluding hydrogens is 308 g/mol. The van der Waals surface area contributed by atoms with E-state index in [4.69, 9.17) is 0 Å². The number of carbonyl (C=O) groups excluding carboxylic acids is 2. The third-order valence-electron chi connectivity index (χ3n) is 2.53. The van der Waals surface area contributed by atoms with Crippen molar-refractivity contribution in [2.24, 2.45) is 0 Å². The van der Waals surface area contributed by atoms with Gasteiger partial charge in [0.1, 0.15) is 0 Å². The van der Waals surface area contributed by atoms with Gasteiger partial charge in [-0.15, -0.1) is 0 Å². The largest absolute Gasteiger partial charge is 0.319 e. The van der Waals surface area contributed by atoms with E-state index in [9.17, 15) is 18.0 Å². The van der Waals surface area contributed by atoms with Gasteiger partial charge in [-0.1, -0.05) is 0 Å². The average molecular weight is 320 g/mol. The van der Waals surface area contributed by atoms with E-state index in [1.807, 2.05) is 0 Å². The Bertz CT molecular complexity index is 789. The van der Waals surface area contributed by atoms with E-state index in [0.29, 0.717) is 5.69 Å². The van der Waals surface area contributed by atoms with Gasteiger partial charge in [-0.05, 0) is 30.3 Å². The van der Waals surface area contributed by atoms with Gasteiger partial charge in [-0.3, -0.25) is 9.59 Å². The number of rotatable bonds is 5. The lowest BCUT2D eigenvalue weighted by Crippen LogP contribution is -2.19. The molecule has 2 rings (SSSR count). The molecule has 8 nitrogen and oxygen atoms in total. The number of carbonyl (C=O) groups is 2. The minimum atomic E-state index is -3.83. The number of amides is 1. The fourth-order valence-corrected chi connectivity index (χ4v) is 2.43. The maximum absolute atomic E-state index is 12.1. The molecule has 9 heteroatoms. The molecule has 0 aliphatic heterocycles. The second-order valence-corrected chi connectivity index (χ2v) is 5.89. The standard InChI is InChI=1S/C13H12N4O4S/c1-9(18)12(19)16-10-3-5-11(6-4-10)22(20,21)17-13-14-7-2-8-15-13/h2-8H,1H3,(H,16,19)(H,14,15,17). The van der Waals surface area contributed by atoms with Crippen molar-refractivity contribution in [1.82, 2.24) is 9.97 Å². The Hall–Kier alpha value is -2.81. The second kappa shape index (κ2) is 6.31. The zero-order chi connectivity index (χ0) is 16.2. The first kappa shape index (κ1) is 15.6. The van der Waals surface area contributed by atoms with Crippen LogP contribution in [-0.2, 0) is 19.6 Å². The van der Waals surface area contributed by atoms with Gasteiger partial charge >= 0.3 is 0 Å². The molecule has 0 unspecified atom stereocenters. The number of hydrogen-bond acceptors (Lipinski definition) is 6. The van der Waals surface area contributed by atoms with Gasteiger partial charge in [-0.2, -0.15) is 0 Å². The van der Waals surface area contributed by atoms with Crippen LogP contribution in [0.4, 0.5) is 11.6 Å². The van der Waals surface area contributed by atoms with E-state index in [1.165, 1.54) is 36.7 Å². The molecule has 0 atom stereocenters. The predicted octanol–water partition coefficient (Wildman–Crippen LogP) is 0.805. The highest BCUT2D eigenvalue weighted by atomic mass is 32.2. The van der Waals surface area contributed by atoms with E-state index in [-0.39, 0.29) is 10.8 Å². The van der Waals surface area contributed by atoms with Crippen LogP contribution in [0.3, 0.4) is 0 Å². The molecular formula is C13H12N4O4S. The number of Topliss-reactive ketones (excluding diaryl/α,β-unsaturated/α-hetero) is 1. The summed E-state index contributed by atoms with van der Waals surface area (Å²) in [5.74, 6) is -1.46. The lowest BCUT2D eigenvalue weighted by Gasteiger charge is -2.07. The Labute approximate surface area is 126 Å². The molecule has 0 radical (unpaired) electrons. The topological polar surface area (TPSA) is 118 Å². The Kier molecular flexibility index (Phi) is 4.47. The number of aromatic nitrogens is 2. The minimum Gasteiger partial charge on any atom is -0.319 e. The van der Waals surface area contributed by atoms with E-state index in [2.05, 4.69) is 20.0 Å². The van der Waals surface area contributed by atoms with Crippen molar-refractivity contribution >= 4 is 33.3 Å². The molecule has 1 amide bonds. The lowest BCUT2D eigenvalue weighted by atomic mass is 10.3. The second-order valence-electron chi connectivity index (χ2n) is 4.21. The average Bonchev–Trinajstić information content (AvgIpc) is 2.48. The highest BCUT2D eigenvalue weighted by Crippen LogP contribution is 2.16. The number of nitrogens with one attached hydrogen (secondary N) is 2. The van der Waals surface area contributed by atoms with Crippen molar-refractivity contribution in [2.75, 3.05) is 10.0 Å². The molecule has 114 valence electrons. The third-order valence-corrected chi connectivity index (χ3v) is 3.88. The monoisotopic (exact) mass is 320 g/mol. The number of ketones is 1. The van der Waals surface area contributed by atoms with Crippen molar-refractivity contribution in [1.29, 1.82) is 0 Å². The van der Waals surface area contributed by atoms with E-state index < -0.39 is 21.7 Å². The predicted molar refractivity (Wildman–Crippen MR) is 78.6 cm³/mol. The van der Waals surface area contributed by atoms with Crippen molar-refractivity contribution in [3.63, 3.8) is 0 Å². The molecule has 1 aromatic heterocycles. The van der Waals surface area contributed by atoms with Crippen LogP contribution in [0.25, 0.3) is 0 Å². The number of hydrogen-bond donors (Lipinski definition) is 2. The van der Waals surface area contributed by atoms with E-state index in [1.54, 1.807) is 6.07 Å². The van der Waals surface area contributed by atoms with Gasteiger partial charge in [-0.25, -0.2) is 23.1 Å². The highest BCUT2D eigenvalue weighted by Gasteiger charge is 2.15. The molecule has 2 N–H and O–H groups in total. The number of benzene rings is 1. The number of sulfonamides is 1. The summed E-state index contributed by atoms with van der Waals surface area (Å²) in [6.45, 7) is 1.14. The molecule has 0 fully saturated rings. The lowest BCUT2D eigenvalue weighted by molar-refractivity contribution is -0.133. The van der Waals surface area contributed by atoms with Crippen LogP contribution in [-0.4, -0.2) is 30.1 Å². The molecule has 0 bridgehead atoms. The van der Waals surface area contributed by atoms with Crippen LogP contribution in [0.5, 0.6) is 0 Å². The number of nitrogens with zero attached hydrogens (tertiary/aromatic N) is 2. The molecule has 0 saturated carbocycles. The summed E-state index contributed by atoms with van der Waals surface area (Å²) in [6, 6.07) is 6.90. The number of anilines is 2. The summed E-state index contributed by atoms with van der Waals surface area (Å²) in [7, 11) is -3.83. The first-order valence-electron chi connectivity index (χ1n) is 6.10. The first-order valence-corrected chi connectivity index (χ1v) is 7.58. The van der Waals surface area contributed by atoms with E-state index >= 15 is 0 Å². The van der Waals surface area contributed by atoms with Gasteiger partial charge in [0.2, 0.25) is 11.7 Å². The first-order chi connectivity index (χ1) is 10.4. The molecule has 1 heterocycles. The summed E-state index contributed by atoms with van der Waals surface area (Å²) in [5.41, 5.74) is 0.315. The summed E-state index contributed by atoms with van der Waals surface area (Å²) in [4.78, 5) is 29.6. The van der Waals surface area contributed by atoms with Gasteiger partial charge < -0.3 is 5.32 Å². The zero-order valence-electron chi connectivity index (χ0n) is 11.5. The van der Waals surface area contributed by atoms with Crippen molar-refractivity contribution in [2.45, 2.75) is 11.8 Å². The molecule has 0 aliphatic rings. The van der Waals surface area contributed by atoms with Gasteiger partial charge in [0, 0.05) is 25.0 Å². The summed E-state index contributed by atoms with van der Waals surface area (Å²) < 4.78 is 26.4. The minimum absolute atomic E-state index is 0.0271. The molecule has 22 heavy (non-hydrogen) atoms. The summed E-state index contributed by atoms with van der Waals surface area (Å²) >= 11 is 0. The Balaban J connectivity index is 2.15. The van der Waals surface area contributed by atoms with Crippen LogP contribution < -0.4 is 10.0 Å². The van der Waals surface area contributed by atoms with Crippen molar-refractivity contribution in [3.8, 4) is 0 Å². The van der Waals surface area contributed by atoms with Gasteiger partial charge in [0.25, 0.3) is 15.9 Å². The molecule has 1 aromatic carbocycles. The molecule has 0 spiro atoms. The molecule has 0 saturated heterocycles.